The lowest BCUT2D eigenvalue weighted by Crippen LogP contribution is -2.38. The van der Waals surface area contributed by atoms with E-state index in [1.54, 1.807) is 6.07 Å². The molecule has 0 unspecified atom stereocenters. The molecule has 1 atom stereocenters. The zero-order valence-electron chi connectivity index (χ0n) is 9.62. The zero-order chi connectivity index (χ0) is 13.4. The SMILES string of the molecule is O=C1N[C@@H](c2cccs2)Nc2ccc([N+](=O)[O-])cc21. The van der Waals surface area contributed by atoms with Crippen LogP contribution in [0.3, 0.4) is 0 Å². The predicted molar refractivity (Wildman–Crippen MR) is 71.2 cm³/mol. The van der Waals surface area contributed by atoms with Crippen molar-refractivity contribution in [1.29, 1.82) is 0 Å². The fourth-order valence-electron chi connectivity index (χ4n) is 1.96. The largest absolute Gasteiger partial charge is 0.360 e. The van der Waals surface area contributed by atoms with E-state index in [2.05, 4.69) is 10.6 Å². The van der Waals surface area contributed by atoms with Crippen LogP contribution in [0.2, 0.25) is 0 Å². The first-order valence-corrected chi connectivity index (χ1v) is 6.42. The van der Waals surface area contributed by atoms with Gasteiger partial charge in [-0.25, -0.2) is 0 Å². The Morgan fingerprint density at radius 1 is 1.26 bits per heavy atom. The van der Waals surface area contributed by atoms with Gasteiger partial charge in [0.25, 0.3) is 11.6 Å². The van der Waals surface area contributed by atoms with Crippen LogP contribution in [0.15, 0.2) is 35.7 Å². The molecular formula is C12H9N3O3S. The molecule has 1 aliphatic rings. The van der Waals surface area contributed by atoms with Gasteiger partial charge in [0.15, 0.2) is 0 Å². The van der Waals surface area contributed by atoms with Gasteiger partial charge in [0.05, 0.1) is 10.5 Å². The number of anilines is 1. The van der Waals surface area contributed by atoms with Gasteiger partial charge in [0, 0.05) is 22.7 Å². The van der Waals surface area contributed by atoms with Crippen molar-refractivity contribution in [1.82, 2.24) is 5.32 Å². The fraction of sp³-hybridized carbons (Fsp3) is 0.0833. The minimum absolute atomic E-state index is 0.0923. The van der Waals surface area contributed by atoms with E-state index in [0.29, 0.717) is 11.3 Å². The Balaban J connectivity index is 1.97. The van der Waals surface area contributed by atoms with E-state index in [-0.39, 0.29) is 17.8 Å². The summed E-state index contributed by atoms with van der Waals surface area (Å²) in [5.74, 6) is -0.309. The molecule has 2 N–H and O–H groups in total. The number of amides is 1. The molecule has 0 fully saturated rings. The van der Waals surface area contributed by atoms with Crippen molar-refractivity contribution in [3.8, 4) is 0 Å². The van der Waals surface area contributed by atoms with E-state index in [4.69, 9.17) is 0 Å². The van der Waals surface area contributed by atoms with Crippen LogP contribution in [-0.2, 0) is 0 Å². The minimum atomic E-state index is -0.515. The molecule has 19 heavy (non-hydrogen) atoms. The molecule has 0 radical (unpaired) electrons. The number of nitrogens with zero attached hydrogens (tertiary/aromatic N) is 1. The van der Waals surface area contributed by atoms with Crippen LogP contribution >= 0.6 is 11.3 Å². The van der Waals surface area contributed by atoms with Crippen molar-refractivity contribution < 1.29 is 9.72 Å². The summed E-state index contributed by atoms with van der Waals surface area (Å²) in [5, 5.41) is 18.6. The Kier molecular flexibility index (Phi) is 2.68. The molecule has 1 aliphatic heterocycles. The van der Waals surface area contributed by atoms with Crippen LogP contribution < -0.4 is 10.6 Å². The number of nitro groups is 1. The maximum Gasteiger partial charge on any atom is 0.270 e. The molecular weight excluding hydrogens is 266 g/mol. The number of fused-ring (bicyclic) bond motifs is 1. The highest BCUT2D eigenvalue weighted by molar-refractivity contribution is 7.10. The smallest absolute Gasteiger partial charge is 0.270 e. The van der Waals surface area contributed by atoms with Crippen LogP contribution in [0.1, 0.15) is 21.4 Å². The lowest BCUT2D eigenvalue weighted by atomic mass is 10.1. The van der Waals surface area contributed by atoms with E-state index in [1.165, 1.54) is 23.5 Å². The quantitative estimate of drug-likeness (QED) is 0.651. The topological polar surface area (TPSA) is 84.3 Å². The number of carbonyl (C=O) groups is 1. The molecule has 96 valence electrons. The van der Waals surface area contributed by atoms with Gasteiger partial charge in [0.2, 0.25) is 0 Å². The average Bonchev–Trinajstić information content (AvgIpc) is 2.92. The number of rotatable bonds is 2. The average molecular weight is 275 g/mol. The van der Waals surface area contributed by atoms with Gasteiger partial charge < -0.3 is 10.6 Å². The van der Waals surface area contributed by atoms with Gasteiger partial charge in [-0.2, -0.15) is 0 Å². The Morgan fingerprint density at radius 3 is 2.79 bits per heavy atom. The number of nitrogens with one attached hydrogen (secondary N) is 2. The summed E-state index contributed by atoms with van der Waals surface area (Å²) in [4.78, 5) is 23.2. The molecule has 2 aromatic rings. The number of hydrogen-bond acceptors (Lipinski definition) is 5. The highest BCUT2D eigenvalue weighted by Crippen LogP contribution is 2.30. The molecule has 0 spiro atoms. The number of hydrogen-bond donors (Lipinski definition) is 2. The highest BCUT2D eigenvalue weighted by atomic mass is 32.1. The number of nitro benzene ring substituents is 1. The Bertz CT molecular complexity index is 654. The summed E-state index contributed by atoms with van der Waals surface area (Å²) in [7, 11) is 0. The summed E-state index contributed by atoms with van der Waals surface area (Å²) < 4.78 is 0. The maximum absolute atomic E-state index is 12.0. The molecule has 0 saturated carbocycles. The van der Waals surface area contributed by atoms with E-state index in [9.17, 15) is 14.9 Å². The molecule has 1 aromatic heterocycles. The maximum atomic E-state index is 12.0. The van der Waals surface area contributed by atoms with Gasteiger partial charge in [-0.3, -0.25) is 14.9 Å². The molecule has 0 saturated heterocycles. The van der Waals surface area contributed by atoms with Crippen LogP contribution in [-0.4, -0.2) is 10.8 Å². The summed E-state index contributed by atoms with van der Waals surface area (Å²) in [6.45, 7) is 0. The van der Waals surface area contributed by atoms with Gasteiger partial charge >= 0.3 is 0 Å². The van der Waals surface area contributed by atoms with Crippen molar-refractivity contribution >= 4 is 28.6 Å². The van der Waals surface area contributed by atoms with Gasteiger partial charge in [-0.1, -0.05) is 6.07 Å². The van der Waals surface area contributed by atoms with Crippen molar-refractivity contribution in [2.45, 2.75) is 6.17 Å². The predicted octanol–water partition coefficient (Wildman–Crippen LogP) is 2.51. The molecule has 0 bridgehead atoms. The van der Waals surface area contributed by atoms with Crippen molar-refractivity contribution in [3.63, 3.8) is 0 Å². The van der Waals surface area contributed by atoms with Crippen molar-refractivity contribution in [3.05, 3.63) is 56.3 Å². The third-order valence-corrected chi connectivity index (χ3v) is 3.80. The van der Waals surface area contributed by atoms with Gasteiger partial charge in [0.1, 0.15) is 6.17 Å². The molecule has 1 aromatic carbocycles. The number of non-ortho nitro benzene ring substituents is 1. The monoisotopic (exact) mass is 275 g/mol. The lowest BCUT2D eigenvalue weighted by molar-refractivity contribution is -0.384. The second-order valence-corrected chi connectivity index (χ2v) is 5.03. The highest BCUT2D eigenvalue weighted by Gasteiger charge is 2.26. The van der Waals surface area contributed by atoms with E-state index >= 15 is 0 Å². The first-order chi connectivity index (χ1) is 9.15. The fourth-order valence-corrected chi connectivity index (χ4v) is 2.68. The van der Waals surface area contributed by atoms with Gasteiger partial charge in [-0.15, -0.1) is 11.3 Å². The Hall–Kier alpha value is -2.41. The van der Waals surface area contributed by atoms with Gasteiger partial charge in [-0.05, 0) is 17.5 Å². The Morgan fingerprint density at radius 2 is 2.11 bits per heavy atom. The van der Waals surface area contributed by atoms with Crippen LogP contribution in [0.4, 0.5) is 11.4 Å². The lowest BCUT2D eigenvalue weighted by Gasteiger charge is -2.26. The summed E-state index contributed by atoms with van der Waals surface area (Å²) in [6, 6.07) is 8.04. The number of carbonyl (C=O) groups excluding carboxylic acids is 1. The molecule has 7 heteroatoms. The van der Waals surface area contributed by atoms with Crippen molar-refractivity contribution in [2.75, 3.05) is 5.32 Å². The summed E-state index contributed by atoms with van der Waals surface area (Å²) in [6.07, 6.45) is -0.290. The molecule has 3 rings (SSSR count). The van der Waals surface area contributed by atoms with E-state index in [1.807, 2.05) is 17.5 Å². The standard InChI is InChI=1S/C12H9N3O3S/c16-12-8-6-7(15(17)18)3-4-9(8)13-11(14-12)10-2-1-5-19-10/h1-6,11,13H,(H,14,16)/t11-/m0/s1. The third-order valence-electron chi connectivity index (χ3n) is 2.86. The molecule has 2 heterocycles. The Labute approximate surface area is 112 Å². The molecule has 6 nitrogen and oxygen atoms in total. The summed E-state index contributed by atoms with van der Waals surface area (Å²) >= 11 is 1.53. The number of thiophene rings is 1. The number of benzene rings is 1. The second kappa shape index (κ2) is 4.36. The van der Waals surface area contributed by atoms with E-state index in [0.717, 1.165) is 4.88 Å². The zero-order valence-corrected chi connectivity index (χ0v) is 10.4. The normalized spacial score (nSPS) is 17.3. The van der Waals surface area contributed by atoms with Crippen LogP contribution in [0.25, 0.3) is 0 Å². The second-order valence-electron chi connectivity index (χ2n) is 4.05. The van der Waals surface area contributed by atoms with E-state index < -0.39 is 4.92 Å². The van der Waals surface area contributed by atoms with Crippen LogP contribution in [0.5, 0.6) is 0 Å². The van der Waals surface area contributed by atoms with Crippen LogP contribution in [0, 0.1) is 10.1 Å². The molecule has 1 amide bonds. The first-order valence-electron chi connectivity index (χ1n) is 5.54. The first kappa shape index (κ1) is 11.7. The van der Waals surface area contributed by atoms with Crippen molar-refractivity contribution in [2.24, 2.45) is 0 Å². The molecule has 0 aliphatic carbocycles. The summed E-state index contributed by atoms with van der Waals surface area (Å²) in [5.41, 5.74) is 0.806. The third kappa shape index (κ3) is 2.04. The minimum Gasteiger partial charge on any atom is -0.360 e.